The van der Waals surface area contributed by atoms with Crippen molar-refractivity contribution in [2.24, 2.45) is 0 Å². The number of morpholine rings is 2. The molecule has 12 heteroatoms. The number of anilines is 3. The Balaban J connectivity index is 1.70. The van der Waals surface area contributed by atoms with E-state index in [9.17, 15) is 14.9 Å². The Labute approximate surface area is 208 Å². The van der Waals surface area contributed by atoms with E-state index in [1.165, 1.54) is 19.2 Å². The number of aromatic nitrogens is 2. The molecule has 2 saturated heterocycles. The van der Waals surface area contributed by atoms with Gasteiger partial charge in [-0.25, -0.2) is 4.79 Å². The average molecular weight is 497 g/mol. The van der Waals surface area contributed by atoms with Crippen molar-refractivity contribution in [1.29, 1.82) is 0 Å². The number of carbonyl (C=O) groups is 1. The van der Waals surface area contributed by atoms with E-state index >= 15 is 0 Å². The Morgan fingerprint density at radius 1 is 1.06 bits per heavy atom. The Morgan fingerprint density at radius 2 is 1.67 bits per heavy atom. The van der Waals surface area contributed by atoms with Crippen LogP contribution < -0.4 is 15.1 Å². The van der Waals surface area contributed by atoms with Gasteiger partial charge in [0.2, 0.25) is 5.95 Å². The SMILES string of the molecule is COC(=O)C1=C(C)Nc2nc(N3CCOCC3)nc(N3CCOCC3)c2C1c1ccc([N+](=O)[O-])cc1. The van der Waals surface area contributed by atoms with E-state index in [2.05, 4.69) is 15.1 Å². The van der Waals surface area contributed by atoms with Gasteiger partial charge in [0.15, 0.2) is 0 Å². The molecule has 0 aliphatic carbocycles. The molecule has 0 radical (unpaired) electrons. The molecule has 2 aromatic rings. The summed E-state index contributed by atoms with van der Waals surface area (Å²) >= 11 is 0. The van der Waals surface area contributed by atoms with Crippen molar-refractivity contribution in [3.05, 3.63) is 56.8 Å². The van der Waals surface area contributed by atoms with Crippen molar-refractivity contribution in [3.63, 3.8) is 0 Å². The maximum atomic E-state index is 13.0. The van der Waals surface area contributed by atoms with Gasteiger partial charge < -0.3 is 29.3 Å². The van der Waals surface area contributed by atoms with Crippen LogP contribution in [0.1, 0.15) is 24.0 Å². The zero-order chi connectivity index (χ0) is 25.2. The number of allylic oxidation sites excluding steroid dienone is 1. The summed E-state index contributed by atoms with van der Waals surface area (Å²) in [7, 11) is 1.34. The minimum atomic E-state index is -0.578. The van der Waals surface area contributed by atoms with Gasteiger partial charge in [-0.15, -0.1) is 0 Å². The second-order valence-electron chi connectivity index (χ2n) is 8.75. The lowest BCUT2D eigenvalue weighted by molar-refractivity contribution is -0.384. The van der Waals surface area contributed by atoms with Gasteiger partial charge in [0.1, 0.15) is 11.6 Å². The number of benzene rings is 1. The van der Waals surface area contributed by atoms with Crippen LogP contribution in [0.4, 0.5) is 23.3 Å². The minimum Gasteiger partial charge on any atom is -0.466 e. The lowest BCUT2D eigenvalue weighted by Crippen LogP contribution is -2.41. The molecule has 1 atom stereocenters. The van der Waals surface area contributed by atoms with Crippen molar-refractivity contribution in [1.82, 2.24) is 9.97 Å². The zero-order valence-corrected chi connectivity index (χ0v) is 20.2. The van der Waals surface area contributed by atoms with Crippen molar-refractivity contribution < 1.29 is 23.9 Å². The van der Waals surface area contributed by atoms with E-state index < -0.39 is 16.8 Å². The Morgan fingerprint density at radius 3 is 2.25 bits per heavy atom. The molecule has 1 N–H and O–H groups in total. The van der Waals surface area contributed by atoms with Crippen LogP contribution >= 0.6 is 0 Å². The van der Waals surface area contributed by atoms with E-state index in [0.717, 1.165) is 5.56 Å². The van der Waals surface area contributed by atoms with Crippen LogP contribution in [0.2, 0.25) is 0 Å². The second kappa shape index (κ2) is 10.1. The highest BCUT2D eigenvalue weighted by atomic mass is 16.6. The molecule has 0 spiro atoms. The normalized spacial score (nSPS) is 20.0. The molecule has 3 aliphatic heterocycles. The van der Waals surface area contributed by atoms with Gasteiger partial charge in [0, 0.05) is 49.6 Å². The maximum Gasteiger partial charge on any atom is 0.336 e. The molecule has 3 aliphatic rings. The molecule has 12 nitrogen and oxygen atoms in total. The molecule has 190 valence electrons. The molecule has 1 aromatic heterocycles. The highest BCUT2D eigenvalue weighted by Crippen LogP contribution is 2.46. The third-order valence-corrected chi connectivity index (χ3v) is 6.65. The minimum absolute atomic E-state index is 0.0273. The number of hydrogen-bond donors (Lipinski definition) is 1. The van der Waals surface area contributed by atoms with Crippen LogP contribution in [-0.4, -0.2) is 80.6 Å². The highest BCUT2D eigenvalue weighted by molar-refractivity contribution is 5.95. The quantitative estimate of drug-likeness (QED) is 0.370. The molecule has 36 heavy (non-hydrogen) atoms. The topological polar surface area (TPSA) is 132 Å². The van der Waals surface area contributed by atoms with Crippen molar-refractivity contribution in [2.75, 3.05) is 74.8 Å². The standard InChI is InChI=1S/C24H28N6O6/c1-15-18(23(31)34-2)19(16-3-5-17(6-4-16)30(32)33)20-21(25-15)26-24(29-9-13-36-14-10-29)27-22(20)28-7-11-35-12-8-28/h3-6,19H,7-14H2,1-2H3,(H,25,26,27). The largest absolute Gasteiger partial charge is 0.466 e. The van der Waals surface area contributed by atoms with Gasteiger partial charge >= 0.3 is 5.97 Å². The van der Waals surface area contributed by atoms with Crippen LogP contribution in [0.25, 0.3) is 0 Å². The smallest absolute Gasteiger partial charge is 0.336 e. The monoisotopic (exact) mass is 496 g/mol. The van der Waals surface area contributed by atoms with Crippen LogP contribution in [0, 0.1) is 10.1 Å². The summed E-state index contributed by atoms with van der Waals surface area (Å²) in [5, 5.41) is 14.6. The van der Waals surface area contributed by atoms with E-state index in [4.69, 9.17) is 24.2 Å². The fraction of sp³-hybridized carbons (Fsp3) is 0.458. The van der Waals surface area contributed by atoms with Gasteiger partial charge in [-0.1, -0.05) is 12.1 Å². The number of nitrogens with one attached hydrogen (secondary N) is 1. The number of methoxy groups -OCH3 is 1. The summed E-state index contributed by atoms with van der Waals surface area (Å²) in [5.41, 5.74) is 2.43. The van der Waals surface area contributed by atoms with Gasteiger partial charge in [0.05, 0.1) is 50.0 Å². The number of ether oxygens (including phenoxy) is 3. The maximum absolute atomic E-state index is 13.0. The Bertz CT molecular complexity index is 1190. The Hall–Kier alpha value is -3.77. The fourth-order valence-electron chi connectivity index (χ4n) is 4.84. The Kier molecular flexibility index (Phi) is 6.70. The predicted molar refractivity (Wildman–Crippen MR) is 131 cm³/mol. The number of carbonyl (C=O) groups excluding carboxylic acids is 1. The summed E-state index contributed by atoms with van der Waals surface area (Å²) in [6.07, 6.45) is 0. The molecule has 5 rings (SSSR count). The summed E-state index contributed by atoms with van der Waals surface area (Å²) < 4.78 is 16.2. The van der Waals surface area contributed by atoms with E-state index in [-0.39, 0.29) is 5.69 Å². The lowest BCUT2D eigenvalue weighted by Gasteiger charge is -2.37. The molecular weight excluding hydrogens is 468 g/mol. The van der Waals surface area contributed by atoms with Gasteiger partial charge in [0.25, 0.3) is 5.69 Å². The molecule has 0 amide bonds. The van der Waals surface area contributed by atoms with Crippen LogP contribution in [0.3, 0.4) is 0 Å². The number of nitrogens with zero attached hydrogens (tertiary/aromatic N) is 5. The summed E-state index contributed by atoms with van der Waals surface area (Å²) in [6, 6.07) is 6.23. The first kappa shape index (κ1) is 23.9. The molecule has 1 aromatic carbocycles. The first-order chi connectivity index (χ1) is 17.5. The predicted octanol–water partition coefficient (Wildman–Crippen LogP) is 2.06. The third kappa shape index (κ3) is 4.44. The first-order valence-electron chi connectivity index (χ1n) is 11.9. The highest BCUT2D eigenvalue weighted by Gasteiger charge is 2.38. The van der Waals surface area contributed by atoms with Crippen molar-refractivity contribution in [3.8, 4) is 0 Å². The molecule has 2 fully saturated rings. The zero-order valence-electron chi connectivity index (χ0n) is 20.2. The van der Waals surface area contributed by atoms with Crippen LogP contribution in [-0.2, 0) is 19.0 Å². The number of fused-ring (bicyclic) bond motifs is 1. The number of nitro benzene ring substituents is 1. The van der Waals surface area contributed by atoms with Crippen LogP contribution in [0.5, 0.6) is 0 Å². The molecule has 1 unspecified atom stereocenters. The fourth-order valence-corrected chi connectivity index (χ4v) is 4.84. The van der Waals surface area contributed by atoms with Crippen LogP contribution in [0.15, 0.2) is 35.5 Å². The molecule has 0 saturated carbocycles. The van der Waals surface area contributed by atoms with Crippen molar-refractivity contribution in [2.45, 2.75) is 12.8 Å². The van der Waals surface area contributed by atoms with Gasteiger partial charge in [-0.2, -0.15) is 9.97 Å². The van der Waals surface area contributed by atoms with E-state index in [1.54, 1.807) is 19.1 Å². The summed E-state index contributed by atoms with van der Waals surface area (Å²) in [4.78, 5) is 38.0. The van der Waals surface area contributed by atoms with E-state index in [1.807, 2.05) is 0 Å². The number of rotatable bonds is 5. The lowest BCUT2D eigenvalue weighted by atomic mass is 9.81. The van der Waals surface area contributed by atoms with Gasteiger partial charge in [-0.3, -0.25) is 10.1 Å². The van der Waals surface area contributed by atoms with Crippen molar-refractivity contribution >= 4 is 29.2 Å². The third-order valence-electron chi connectivity index (χ3n) is 6.65. The number of hydrogen-bond acceptors (Lipinski definition) is 11. The molecular formula is C24H28N6O6. The average Bonchev–Trinajstić information content (AvgIpc) is 2.92. The second-order valence-corrected chi connectivity index (χ2v) is 8.75. The number of nitro groups is 1. The van der Waals surface area contributed by atoms with Gasteiger partial charge in [-0.05, 0) is 12.5 Å². The number of non-ortho nitro benzene ring substituents is 1. The van der Waals surface area contributed by atoms with E-state index in [0.29, 0.717) is 87.0 Å². The molecule has 0 bridgehead atoms. The first-order valence-corrected chi connectivity index (χ1v) is 11.9. The number of esters is 1. The summed E-state index contributed by atoms with van der Waals surface area (Å²) in [5.74, 6) is 0.823. The molecule has 4 heterocycles. The summed E-state index contributed by atoms with van der Waals surface area (Å²) in [6.45, 7) is 6.73.